The number of benzene rings is 2. The second-order valence-corrected chi connectivity index (χ2v) is 9.61. The Labute approximate surface area is 230 Å². The van der Waals surface area contributed by atoms with Crippen LogP contribution in [0, 0.1) is 18.3 Å². The van der Waals surface area contributed by atoms with Gasteiger partial charge in [0, 0.05) is 12.2 Å². The number of esters is 2. The zero-order valence-electron chi connectivity index (χ0n) is 22.2. The van der Waals surface area contributed by atoms with Gasteiger partial charge in [0.15, 0.2) is 0 Å². The molecule has 0 radical (unpaired) electrons. The Morgan fingerprint density at radius 2 is 1.73 bits per heavy atom. The van der Waals surface area contributed by atoms with E-state index in [4.69, 9.17) is 15.2 Å². The van der Waals surface area contributed by atoms with E-state index in [-0.39, 0.29) is 34.3 Å². The SMILES string of the molecule is COC(=O)C1=C(C(=O)OC)N(c2ccc(C)c(N3C(=O)C4CCCN4C3=O)c2)C(N)=C(C#N)C1c1ccccc1. The summed E-state index contributed by atoms with van der Waals surface area (Å²) in [5.41, 5.74) is 7.94. The quantitative estimate of drug-likeness (QED) is 0.446. The van der Waals surface area contributed by atoms with Gasteiger partial charge in [-0.1, -0.05) is 36.4 Å². The summed E-state index contributed by atoms with van der Waals surface area (Å²) >= 11 is 0. The maximum absolute atomic E-state index is 13.3. The number of imide groups is 1. The molecule has 3 amide bonds. The Hall–Kier alpha value is -5.11. The topological polar surface area (TPSA) is 146 Å². The smallest absolute Gasteiger partial charge is 0.355 e. The first-order valence-corrected chi connectivity index (χ1v) is 12.7. The molecule has 2 unspecified atom stereocenters. The largest absolute Gasteiger partial charge is 0.466 e. The number of aryl methyl sites for hydroxylation is 1. The van der Waals surface area contributed by atoms with Crippen molar-refractivity contribution in [3.05, 3.63) is 82.3 Å². The van der Waals surface area contributed by atoms with Gasteiger partial charge in [0.25, 0.3) is 5.91 Å². The third-order valence-corrected chi connectivity index (χ3v) is 7.50. The van der Waals surface area contributed by atoms with Crippen LogP contribution in [0.4, 0.5) is 16.2 Å². The number of allylic oxidation sites excluding steroid dienone is 1. The normalized spacial score (nSPS) is 20.6. The summed E-state index contributed by atoms with van der Waals surface area (Å²) in [6.07, 6.45) is 1.35. The van der Waals surface area contributed by atoms with Crippen LogP contribution < -0.4 is 15.5 Å². The maximum atomic E-state index is 13.3. The minimum absolute atomic E-state index is 0.00958. The number of nitriles is 1. The van der Waals surface area contributed by atoms with Crippen LogP contribution in [0.25, 0.3) is 0 Å². The van der Waals surface area contributed by atoms with E-state index < -0.39 is 29.9 Å². The van der Waals surface area contributed by atoms with Crippen molar-refractivity contribution in [3.63, 3.8) is 0 Å². The van der Waals surface area contributed by atoms with Crippen LogP contribution in [0.2, 0.25) is 0 Å². The molecule has 0 aromatic heterocycles. The lowest BCUT2D eigenvalue weighted by Gasteiger charge is -2.36. The molecule has 0 spiro atoms. The number of nitrogens with two attached hydrogens (primary N) is 1. The number of nitrogens with zero attached hydrogens (tertiary/aromatic N) is 4. The average Bonchev–Trinajstić information content (AvgIpc) is 3.55. The van der Waals surface area contributed by atoms with E-state index in [1.165, 1.54) is 18.1 Å². The summed E-state index contributed by atoms with van der Waals surface area (Å²) < 4.78 is 10.1. The van der Waals surface area contributed by atoms with Crippen molar-refractivity contribution < 1.29 is 28.7 Å². The molecule has 0 bridgehead atoms. The average molecular weight is 542 g/mol. The van der Waals surface area contributed by atoms with Crippen LogP contribution in [0.1, 0.15) is 29.9 Å². The molecule has 2 atom stereocenters. The summed E-state index contributed by atoms with van der Waals surface area (Å²) in [7, 11) is 2.33. The fourth-order valence-electron chi connectivity index (χ4n) is 5.61. The number of anilines is 2. The zero-order valence-corrected chi connectivity index (χ0v) is 22.2. The maximum Gasteiger partial charge on any atom is 0.355 e. The number of carbonyl (C=O) groups is 4. The van der Waals surface area contributed by atoms with E-state index in [0.717, 1.165) is 18.4 Å². The highest BCUT2D eigenvalue weighted by Gasteiger charge is 2.49. The number of amides is 3. The molecular formula is C29H27N5O6. The highest BCUT2D eigenvalue weighted by Crippen LogP contribution is 2.44. The van der Waals surface area contributed by atoms with E-state index in [1.807, 2.05) is 0 Å². The molecule has 204 valence electrons. The molecule has 3 aliphatic rings. The van der Waals surface area contributed by atoms with Gasteiger partial charge < -0.3 is 20.1 Å². The Kier molecular flexibility index (Phi) is 6.77. The third-order valence-electron chi connectivity index (χ3n) is 7.50. The molecule has 2 fully saturated rings. The molecule has 2 N–H and O–H groups in total. The van der Waals surface area contributed by atoms with E-state index in [9.17, 15) is 24.4 Å². The zero-order chi connectivity index (χ0) is 28.7. The highest BCUT2D eigenvalue weighted by molar-refractivity contribution is 6.22. The van der Waals surface area contributed by atoms with Gasteiger partial charge in [-0.15, -0.1) is 0 Å². The lowest BCUT2D eigenvalue weighted by molar-refractivity contribution is -0.139. The van der Waals surface area contributed by atoms with Crippen molar-refractivity contribution in [2.45, 2.75) is 31.7 Å². The first-order chi connectivity index (χ1) is 19.2. The van der Waals surface area contributed by atoms with Crippen LogP contribution in [0.15, 0.2) is 71.2 Å². The molecule has 0 saturated carbocycles. The fraction of sp³-hybridized carbons (Fsp3) is 0.276. The molecule has 5 rings (SSSR count). The minimum atomic E-state index is -1.01. The molecule has 0 aliphatic carbocycles. The highest BCUT2D eigenvalue weighted by atomic mass is 16.5. The molecule has 3 heterocycles. The van der Waals surface area contributed by atoms with E-state index in [1.54, 1.807) is 54.3 Å². The number of rotatable bonds is 5. The van der Waals surface area contributed by atoms with Gasteiger partial charge in [-0.3, -0.25) is 9.69 Å². The fourth-order valence-corrected chi connectivity index (χ4v) is 5.61. The van der Waals surface area contributed by atoms with Crippen molar-refractivity contribution in [1.29, 1.82) is 5.26 Å². The lowest BCUT2D eigenvalue weighted by atomic mass is 9.81. The Bertz CT molecular complexity index is 1520. The lowest BCUT2D eigenvalue weighted by Crippen LogP contribution is -2.41. The van der Waals surface area contributed by atoms with E-state index >= 15 is 0 Å². The molecular weight excluding hydrogens is 514 g/mol. The number of urea groups is 1. The number of hydrogen-bond donors (Lipinski definition) is 1. The molecule has 11 heteroatoms. The second-order valence-electron chi connectivity index (χ2n) is 9.61. The second kappa shape index (κ2) is 10.2. The monoisotopic (exact) mass is 541 g/mol. The van der Waals surface area contributed by atoms with Gasteiger partial charge in [-0.25, -0.2) is 19.3 Å². The minimum Gasteiger partial charge on any atom is -0.466 e. The number of methoxy groups -OCH3 is 2. The van der Waals surface area contributed by atoms with Crippen LogP contribution in [-0.4, -0.2) is 55.6 Å². The van der Waals surface area contributed by atoms with Gasteiger partial charge in [0.05, 0.1) is 43.0 Å². The predicted molar refractivity (Wildman–Crippen MR) is 143 cm³/mol. The van der Waals surface area contributed by atoms with Gasteiger partial charge in [0.2, 0.25) is 0 Å². The van der Waals surface area contributed by atoms with Crippen molar-refractivity contribution >= 4 is 35.3 Å². The van der Waals surface area contributed by atoms with Crippen molar-refractivity contribution in [2.75, 3.05) is 30.6 Å². The number of ether oxygens (including phenoxy) is 2. The van der Waals surface area contributed by atoms with Gasteiger partial charge in [-0.05, 0) is 43.0 Å². The van der Waals surface area contributed by atoms with Crippen LogP contribution in [0.3, 0.4) is 0 Å². The number of carbonyl (C=O) groups excluding carboxylic acids is 4. The molecule has 2 aromatic rings. The molecule has 11 nitrogen and oxygen atoms in total. The first kappa shape index (κ1) is 26.5. The summed E-state index contributed by atoms with van der Waals surface area (Å²) in [5.74, 6) is -3.19. The van der Waals surface area contributed by atoms with Crippen molar-refractivity contribution in [1.82, 2.24) is 4.90 Å². The third kappa shape index (κ3) is 3.96. The van der Waals surface area contributed by atoms with Crippen molar-refractivity contribution in [2.24, 2.45) is 5.73 Å². The molecule has 2 aromatic carbocycles. The summed E-state index contributed by atoms with van der Waals surface area (Å²) in [6.45, 7) is 2.25. The van der Waals surface area contributed by atoms with Gasteiger partial charge >= 0.3 is 18.0 Å². The molecule has 2 saturated heterocycles. The standard InChI is InChI=1S/C29H27N5O6/c1-16-11-12-18(14-21(16)34-26(35)20-10-7-13-32(20)29(34)38)33-24(28(37)40-3)23(27(36)39-2)22(19(15-30)25(33)31)17-8-5-4-6-9-17/h4-6,8-9,11-12,14,20,22H,7,10,13,31H2,1-3H3. The van der Waals surface area contributed by atoms with Crippen molar-refractivity contribution in [3.8, 4) is 6.07 Å². The van der Waals surface area contributed by atoms with E-state index in [0.29, 0.717) is 29.8 Å². The Balaban J connectivity index is 1.74. The van der Waals surface area contributed by atoms with Gasteiger partial charge in [-0.2, -0.15) is 5.26 Å². The van der Waals surface area contributed by atoms with Crippen LogP contribution in [0.5, 0.6) is 0 Å². The van der Waals surface area contributed by atoms with Crippen LogP contribution >= 0.6 is 0 Å². The van der Waals surface area contributed by atoms with E-state index in [2.05, 4.69) is 6.07 Å². The predicted octanol–water partition coefficient (Wildman–Crippen LogP) is 2.82. The first-order valence-electron chi connectivity index (χ1n) is 12.7. The van der Waals surface area contributed by atoms with Crippen LogP contribution in [-0.2, 0) is 23.9 Å². The summed E-state index contributed by atoms with van der Waals surface area (Å²) in [4.78, 5) is 56.9. The number of fused-ring (bicyclic) bond motifs is 1. The molecule has 40 heavy (non-hydrogen) atoms. The number of hydrogen-bond acceptors (Lipinski definition) is 9. The molecule has 3 aliphatic heterocycles. The summed E-state index contributed by atoms with van der Waals surface area (Å²) in [6, 6.07) is 14.7. The summed E-state index contributed by atoms with van der Waals surface area (Å²) in [5, 5.41) is 10.2. The Morgan fingerprint density at radius 3 is 2.35 bits per heavy atom. The van der Waals surface area contributed by atoms with Gasteiger partial charge in [0.1, 0.15) is 17.6 Å². The Morgan fingerprint density at radius 1 is 1.02 bits per heavy atom.